The van der Waals surface area contributed by atoms with E-state index in [2.05, 4.69) is 15.4 Å². The number of Topliss-reactive ketones (excluding diaryl/α,β-unsaturated/α-hetero) is 1. The van der Waals surface area contributed by atoms with Crippen molar-refractivity contribution in [3.8, 4) is 0 Å². The number of thioether (sulfide) groups is 1. The fraction of sp³-hybridized carbons (Fsp3) is 0.227. The maximum absolute atomic E-state index is 13.5. The van der Waals surface area contributed by atoms with Gasteiger partial charge in [0.2, 0.25) is 11.1 Å². The molecule has 2 aliphatic rings. The molecule has 2 aromatic carbocycles. The molecule has 1 aromatic heterocycles. The SMILES string of the molecule is O=C1CCCC2=C1[C@@H](c1cccc(Cl)c1)n1nc(SCc3cccc(F)c3)nc1N2. The summed E-state index contributed by atoms with van der Waals surface area (Å²) in [5.74, 6) is 1.03. The minimum absolute atomic E-state index is 0.129. The molecule has 1 aliphatic heterocycles. The van der Waals surface area contributed by atoms with Gasteiger partial charge in [-0.25, -0.2) is 9.07 Å². The van der Waals surface area contributed by atoms with Crippen molar-refractivity contribution >= 4 is 35.1 Å². The molecule has 0 radical (unpaired) electrons. The summed E-state index contributed by atoms with van der Waals surface area (Å²) in [5.41, 5.74) is 3.42. The molecule has 5 nitrogen and oxygen atoms in total. The molecule has 1 atom stereocenters. The third-order valence-electron chi connectivity index (χ3n) is 5.27. The zero-order valence-electron chi connectivity index (χ0n) is 15.9. The molecular formula is C22H18ClFN4OS. The normalized spacial score (nSPS) is 18.1. The van der Waals surface area contributed by atoms with E-state index in [4.69, 9.17) is 11.6 Å². The van der Waals surface area contributed by atoms with Gasteiger partial charge in [0.05, 0.1) is 0 Å². The van der Waals surface area contributed by atoms with Crippen LogP contribution >= 0.6 is 23.4 Å². The van der Waals surface area contributed by atoms with Crippen LogP contribution in [0.15, 0.2) is 65.0 Å². The van der Waals surface area contributed by atoms with Crippen LogP contribution in [-0.4, -0.2) is 20.5 Å². The predicted octanol–water partition coefficient (Wildman–Crippen LogP) is 5.38. The number of anilines is 1. The van der Waals surface area contributed by atoms with Crippen molar-refractivity contribution in [2.75, 3.05) is 5.32 Å². The van der Waals surface area contributed by atoms with Gasteiger partial charge >= 0.3 is 0 Å². The first-order chi connectivity index (χ1) is 14.6. The smallest absolute Gasteiger partial charge is 0.227 e. The second-order valence-corrected chi connectivity index (χ2v) is 8.71. The van der Waals surface area contributed by atoms with Crippen molar-refractivity contribution in [2.24, 2.45) is 0 Å². The van der Waals surface area contributed by atoms with Gasteiger partial charge in [0.25, 0.3) is 0 Å². The molecule has 30 heavy (non-hydrogen) atoms. The predicted molar refractivity (Wildman–Crippen MR) is 115 cm³/mol. The first-order valence-corrected chi connectivity index (χ1v) is 11.1. The Morgan fingerprint density at radius 2 is 2.07 bits per heavy atom. The molecule has 8 heteroatoms. The Hall–Kier alpha value is -2.64. The van der Waals surface area contributed by atoms with Crippen LogP contribution in [0.4, 0.5) is 10.3 Å². The van der Waals surface area contributed by atoms with E-state index in [0.717, 1.165) is 35.2 Å². The van der Waals surface area contributed by atoms with Crippen LogP contribution < -0.4 is 5.32 Å². The zero-order chi connectivity index (χ0) is 20.7. The monoisotopic (exact) mass is 440 g/mol. The molecule has 0 saturated carbocycles. The first kappa shape index (κ1) is 19.3. The minimum Gasteiger partial charge on any atom is -0.328 e. The third-order valence-corrected chi connectivity index (χ3v) is 6.41. The lowest BCUT2D eigenvalue weighted by Gasteiger charge is -2.32. The molecule has 3 aromatic rings. The number of hydrogen-bond acceptors (Lipinski definition) is 5. The van der Waals surface area contributed by atoms with Crippen LogP contribution in [0.25, 0.3) is 0 Å². The van der Waals surface area contributed by atoms with Gasteiger partial charge in [-0.05, 0) is 48.2 Å². The van der Waals surface area contributed by atoms with E-state index < -0.39 is 0 Å². The van der Waals surface area contributed by atoms with E-state index >= 15 is 0 Å². The maximum atomic E-state index is 13.5. The largest absolute Gasteiger partial charge is 0.328 e. The highest BCUT2D eigenvalue weighted by Gasteiger charge is 2.36. The molecule has 0 bridgehead atoms. The highest BCUT2D eigenvalue weighted by molar-refractivity contribution is 7.98. The number of nitrogens with zero attached hydrogens (tertiary/aromatic N) is 3. The number of halogens is 2. The summed E-state index contributed by atoms with van der Waals surface area (Å²) in [6.45, 7) is 0. The lowest BCUT2D eigenvalue weighted by molar-refractivity contribution is -0.116. The second kappa shape index (κ2) is 7.89. The summed E-state index contributed by atoms with van der Waals surface area (Å²) in [7, 11) is 0. The molecule has 0 saturated heterocycles. The molecule has 0 spiro atoms. The van der Waals surface area contributed by atoms with Crippen LogP contribution in [0, 0.1) is 5.82 Å². The van der Waals surface area contributed by atoms with Gasteiger partial charge in [0.1, 0.15) is 11.9 Å². The molecule has 0 unspecified atom stereocenters. The first-order valence-electron chi connectivity index (χ1n) is 9.71. The summed E-state index contributed by atoms with van der Waals surface area (Å²) >= 11 is 7.67. The lowest BCUT2D eigenvalue weighted by atomic mass is 9.85. The molecule has 152 valence electrons. The molecule has 1 N–H and O–H groups in total. The van der Waals surface area contributed by atoms with Crippen molar-refractivity contribution < 1.29 is 9.18 Å². The lowest BCUT2D eigenvalue weighted by Crippen LogP contribution is -2.31. The van der Waals surface area contributed by atoms with Gasteiger partial charge in [-0.2, -0.15) is 4.98 Å². The standard InChI is InChI=1S/C22H18ClFN4OS/c23-15-6-2-5-14(11-15)20-19-17(8-3-9-18(19)29)25-21-26-22(27-28(20)21)30-12-13-4-1-7-16(24)10-13/h1-2,4-7,10-11,20H,3,8-9,12H2,(H,25,26,27)/t20-/m1/s1. The van der Waals surface area contributed by atoms with Crippen molar-refractivity contribution in [3.63, 3.8) is 0 Å². The van der Waals surface area contributed by atoms with E-state index in [1.54, 1.807) is 10.7 Å². The Morgan fingerprint density at radius 3 is 2.90 bits per heavy atom. The van der Waals surface area contributed by atoms with Crippen LogP contribution in [-0.2, 0) is 10.5 Å². The number of aromatic nitrogens is 3. The van der Waals surface area contributed by atoms with E-state index in [0.29, 0.717) is 28.3 Å². The van der Waals surface area contributed by atoms with Gasteiger partial charge in [-0.1, -0.05) is 47.6 Å². The summed E-state index contributed by atoms with van der Waals surface area (Å²) in [4.78, 5) is 17.5. The molecule has 0 fully saturated rings. The molecule has 0 amide bonds. The van der Waals surface area contributed by atoms with E-state index in [1.807, 2.05) is 30.3 Å². The van der Waals surface area contributed by atoms with E-state index in [-0.39, 0.29) is 17.6 Å². The Balaban J connectivity index is 1.51. The van der Waals surface area contributed by atoms with E-state index in [1.165, 1.54) is 23.9 Å². The Kier molecular flexibility index (Phi) is 5.08. The average Bonchev–Trinajstić information content (AvgIpc) is 3.13. The van der Waals surface area contributed by atoms with Gasteiger partial charge < -0.3 is 5.32 Å². The van der Waals surface area contributed by atoms with Crippen molar-refractivity contribution in [3.05, 3.63) is 81.8 Å². The number of benzene rings is 2. The summed E-state index contributed by atoms with van der Waals surface area (Å²) in [6, 6.07) is 13.7. The third kappa shape index (κ3) is 3.63. The van der Waals surface area contributed by atoms with E-state index in [9.17, 15) is 9.18 Å². The number of allylic oxidation sites excluding steroid dienone is 2. The number of nitrogens with one attached hydrogen (secondary N) is 1. The maximum Gasteiger partial charge on any atom is 0.227 e. The second-order valence-electron chi connectivity index (χ2n) is 7.33. The fourth-order valence-electron chi connectivity index (χ4n) is 3.96. The van der Waals surface area contributed by atoms with Crippen molar-refractivity contribution in [1.29, 1.82) is 0 Å². The van der Waals surface area contributed by atoms with Crippen LogP contribution in [0.5, 0.6) is 0 Å². The quantitative estimate of drug-likeness (QED) is 0.551. The average molecular weight is 441 g/mol. The number of carbonyl (C=O) groups is 1. The van der Waals surface area contributed by atoms with Gasteiger partial charge in [-0.3, -0.25) is 4.79 Å². The number of carbonyl (C=O) groups excluding carboxylic acids is 1. The Bertz CT molecular complexity index is 1180. The number of hydrogen-bond donors (Lipinski definition) is 1. The minimum atomic E-state index is -0.362. The van der Waals surface area contributed by atoms with Gasteiger partial charge in [0, 0.05) is 28.5 Å². The van der Waals surface area contributed by atoms with Gasteiger partial charge in [0.15, 0.2) is 5.78 Å². The number of fused-ring (bicyclic) bond motifs is 1. The van der Waals surface area contributed by atoms with Crippen molar-refractivity contribution in [2.45, 2.75) is 36.2 Å². The Morgan fingerprint density at radius 1 is 1.20 bits per heavy atom. The fourth-order valence-corrected chi connectivity index (χ4v) is 4.93. The van der Waals surface area contributed by atoms with Crippen LogP contribution in [0.1, 0.15) is 36.4 Å². The molecular weight excluding hydrogens is 423 g/mol. The van der Waals surface area contributed by atoms with Gasteiger partial charge in [-0.15, -0.1) is 5.10 Å². The molecule has 2 heterocycles. The van der Waals surface area contributed by atoms with Crippen LogP contribution in [0.2, 0.25) is 5.02 Å². The topological polar surface area (TPSA) is 59.8 Å². The summed E-state index contributed by atoms with van der Waals surface area (Å²) < 4.78 is 15.2. The summed E-state index contributed by atoms with van der Waals surface area (Å²) in [6.07, 6.45) is 2.15. The van der Waals surface area contributed by atoms with Crippen LogP contribution in [0.3, 0.4) is 0 Å². The number of rotatable bonds is 4. The number of ketones is 1. The summed E-state index contributed by atoms with van der Waals surface area (Å²) in [5, 5.41) is 9.18. The highest BCUT2D eigenvalue weighted by atomic mass is 35.5. The van der Waals surface area contributed by atoms with Crippen molar-refractivity contribution in [1.82, 2.24) is 14.8 Å². The highest BCUT2D eigenvalue weighted by Crippen LogP contribution is 2.41. The Labute approximate surface area is 182 Å². The zero-order valence-corrected chi connectivity index (χ0v) is 17.5. The molecule has 1 aliphatic carbocycles. The molecule has 5 rings (SSSR count).